The van der Waals surface area contributed by atoms with Crippen LogP contribution in [0.25, 0.3) is 0 Å². The Kier molecular flexibility index (Phi) is 5.50. The fourth-order valence-corrected chi connectivity index (χ4v) is 3.08. The van der Waals surface area contributed by atoms with Crippen LogP contribution >= 0.6 is 0 Å². The minimum absolute atomic E-state index is 0.0295. The summed E-state index contributed by atoms with van der Waals surface area (Å²) in [5, 5.41) is 0. The van der Waals surface area contributed by atoms with E-state index in [9.17, 15) is 4.79 Å². The topological polar surface area (TPSA) is 56.6 Å². The molecule has 6 heteroatoms. The van der Waals surface area contributed by atoms with Gasteiger partial charge in [-0.2, -0.15) is 0 Å². The Labute approximate surface area is 148 Å². The largest absolute Gasteiger partial charge is 0.491 e. The molecular weight excluding hydrogens is 318 g/mol. The first-order chi connectivity index (χ1) is 12.0. The Morgan fingerprint density at radius 2 is 2.28 bits per heavy atom. The number of nitrogens with zero attached hydrogens (tertiary/aromatic N) is 3. The molecule has 0 saturated carbocycles. The predicted octanol–water partition coefficient (Wildman–Crippen LogP) is 2.21. The summed E-state index contributed by atoms with van der Waals surface area (Å²) in [5.41, 5.74) is 1.67. The van der Waals surface area contributed by atoms with E-state index in [4.69, 9.17) is 9.47 Å². The molecule has 0 bridgehead atoms. The summed E-state index contributed by atoms with van der Waals surface area (Å²) in [4.78, 5) is 18.2. The lowest BCUT2D eigenvalue weighted by Gasteiger charge is -2.32. The smallest absolute Gasteiger partial charge is 0.160 e. The summed E-state index contributed by atoms with van der Waals surface area (Å²) < 4.78 is 13.8. The molecule has 1 aromatic heterocycles. The second kappa shape index (κ2) is 7.80. The van der Waals surface area contributed by atoms with E-state index in [2.05, 4.69) is 9.88 Å². The van der Waals surface area contributed by atoms with E-state index in [1.54, 1.807) is 6.92 Å². The van der Waals surface area contributed by atoms with Gasteiger partial charge in [0.05, 0.1) is 13.2 Å². The lowest BCUT2D eigenvalue weighted by Crippen LogP contribution is -2.44. The summed E-state index contributed by atoms with van der Waals surface area (Å²) in [6.45, 7) is 7.23. The highest BCUT2D eigenvalue weighted by molar-refractivity contribution is 5.95. The number of carbonyl (C=O) groups is 1. The van der Waals surface area contributed by atoms with Crippen molar-refractivity contribution in [2.24, 2.45) is 7.05 Å². The molecule has 1 aliphatic rings. The molecule has 1 atom stereocenters. The van der Waals surface area contributed by atoms with Crippen LogP contribution in [0.15, 0.2) is 30.6 Å². The quantitative estimate of drug-likeness (QED) is 0.753. The fraction of sp³-hybridized carbons (Fsp3) is 0.474. The molecule has 0 N–H and O–H groups in total. The lowest BCUT2D eigenvalue weighted by molar-refractivity contribution is -0.0512. The number of ether oxygens (including phenoxy) is 2. The number of rotatable bonds is 6. The van der Waals surface area contributed by atoms with Crippen LogP contribution in [0.2, 0.25) is 0 Å². The second-order valence-electron chi connectivity index (χ2n) is 6.53. The maximum atomic E-state index is 11.5. The van der Waals surface area contributed by atoms with E-state index < -0.39 is 0 Å². The number of benzene rings is 1. The van der Waals surface area contributed by atoms with Crippen LogP contribution in [-0.2, 0) is 18.3 Å². The van der Waals surface area contributed by atoms with Crippen molar-refractivity contribution >= 4 is 5.78 Å². The summed E-state index contributed by atoms with van der Waals surface area (Å²) in [6.07, 6.45) is 3.81. The van der Waals surface area contributed by atoms with Gasteiger partial charge in [-0.05, 0) is 37.6 Å². The molecule has 0 aliphatic carbocycles. The van der Waals surface area contributed by atoms with Crippen molar-refractivity contribution in [1.82, 2.24) is 14.5 Å². The molecule has 6 nitrogen and oxygen atoms in total. The van der Waals surface area contributed by atoms with Crippen molar-refractivity contribution in [1.29, 1.82) is 0 Å². The summed E-state index contributed by atoms with van der Waals surface area (Å²) >= 11 is 0. The Balaban J connectivity index is 1.53. The molecule has 3 rings (SSSR count). The Hall–Kier alpha value is -2.18. The van der Waals surface area contributed by atoms with E-state index in [1.807, 2.05) is 49.1 Å². The van der Waals surface area contributed by atoms with Gasteiger partial charge in [0.25, 0.3) is 0 Å². The number of aryl methyl sites for hydroxylation is 2. The minimum atomic E-state index is 0.0295. The van der Waals surface area contributed by atoms with Gasteiger partial charge in [0.2, 0.25) is 0 Å². The first-order valence-electron chi connectivity index (χ1n) is 8.57. The summed E-state index contributed by atoms with van der Waals surface area (Å²) in [7, 11) is 2.01. The van der Waals surface area contributed by atoms with Crippen molar-refractivity contribution in [3.63, 3.8) is 0 Å². The highest BCUT2D eigenvalue weighted by Gasteiger charge is 2.22. The fourth-order valence-electron chi connectivity index (χ4n) is 3.08. The van der Waals surface area contributed by atoms with Crippen LogP contribution in [0.5, 0.6) is 5.75 Å². The molecule has 1 fully saturated rings. The molecule has 2 aromatic rings. The van der Waals surface area contributed by atoms with Crippen LogP contribution < -0.4 is 4.74 Å². The highest BCUT2D eigenvalue weighted by atomic mass is 16.5. The Bertz CT molecular complexity index is 741. The molecule has 134 valence electrons. The van der Waals surface area contributed by atoms with Gasteiger partial charge < -0.3 is 14.0 Å². The lowest BCUT2D eigenvalue weighted by atomic mass is 10.1. The third-order valence-electron chi connectivity index (χ3n) is 4.52. The third-order valence-corrected chi connectivity index (χ3v) is 4.52. The second-order valence-corrected chi connectivity index (χ2v) is 6.53. The molecule has 0 radical (unpaired) electrons. The van der Waals surface area contributed by atoms with Crippen LogP contribution in [0.1, 0.15) is 28.7 Å². The molecule has 0 amide bonds. The number of imidazole rings is 1. The molecule has 1 aromatic carbocycles. The maximum Gasteiger partial charge on any atom is 0.160 e. The van der Waals surface area contributed by atoms with E-state index in [0.29, 0.717) is 13.2 Å². The van der Waals surface area contributed by atoms with Crippen molar-refractivity contribution in [2.75, 3.05) is 26.3 Å². The molecule has 1 saturated heterocycles. The minimum Gasteiger partial charge on any atom is -0.491 e. The van der Waals surface area contributed by atoms with E-state index >= 15 is 0 Å². The zero-order valence-corrected chi connectivity index (χ0v) is 15.1. The molecule has 1 aliphatic heterocycles. The van der Waals surface area contributed by atoms with Crippen LogP contribution in [-0.4, -0.2) is 52.6 Å². The van der Waals surface area contributed by atoms with Crippen molar-refractivity contribution in [2.45, 2.75) is 26.5 Å². The Morgan fingerprint density at radius 3 is 2.96 bits per heavy atom. The van der Waals surface area contributed by atoms with Crippen LogP contribution in [0.3, 0.4) is 0 Å². The maximum absolute atomic E-state index is 11.5. The Morgan fingerprint density at radius 1 is 1.44 bits per heavy atom. The normalized spacial score (nSPS) is 18.3. The van der Waals surface area contributed by atoms with Gasteiger partial charge in [0.1, 0.15) is 24.3 Å². The van der Waals surface area contributed by atoms with Crippen LogP contribution in [0, 0.1) is 6.92 Å². The highest BCUT2D eigenvalue weighted by Crippen LogP contribution is 2.19. The summed E-state index contributed by atoms with van der Waals surface area (Å²) in [6, 6.07) is 5.57. The molecule has 2 heterocycles. The number of morpholine rings is 1. The molecule has 0 spiro atoms. The van der Waals surface area contributed by atoms with Gasteiger partial charge in [-0.15, -0.1) is 0 Å². The standard InChI is InChI=1S/C19H25N3O3/c1-14-10-16(4-5-18(14)15(2)23)25-13-17-11-22(8-9-24-17)12-19-20-6-7-21(19)3/h4-7,10,17H,8-9,11-13H2,1-3H3. The zero-order chi connectivity index (χ0) is 17.8. The van der Waals surface area contributed by atoms with Crippen molar-refractivity contribution in [3.05, 3.63) is 47.5 Å². The number of aromatic nitrogens is 2. The first-order valence-corrected chi connectivity index (χ1v) is 8.57. The van der Waals surface area contributed by atoms with E-state index in [0.717, 1.165) is 42.3 Å². The number of hydrogen-bond acceptors (Lipinski definition) is 5. The number of carbonyl (C=O) groups excluding carboxylic acids is 1. The molecule has 25 heavy (non-hydrogen) atoms. The average molecular weight is 343 g/mol. The van der Waals surface area contributed by atoms with Gasteiger partial charge in [0.15, 0.2) is 5.78 Å². The third kappa shape index (κ3) is 4.46. The first kappa shape index (κ1) is 17.6. The predicted molar refractivity (Wildman–Crippen MR) is 94.9 cm³/mol. The van der Waals surface area contributed by atoms with E-state index in [1.165, 1.54) is 0 Å². The van der Waals surface area contributed by atoms with E-state index in [-0.39, 0.29) is 11.9 Å². The number of ketones is 1. The van der Waals surface area contributed by atoms with Gasteiger partial charge in [-0.3, -0.25) is 9.69 Å². The zero-order valence-electron chi connectivity index (χ0n) is 15.1. The van der Waals surface area contributed by atoms with Gasteiger partial charge in [0, 0.05) is 38.1 Å². The number of hydrogen-bond donors (Lipinski definition) is 0. The number of Topliss-reactive ketones (excluding diaryl/α,β-unsaturated/α-hetero) is 1. The van der Waals surface area contributed by atoms with Gasteiger partial charge in [-0.1, -0.05) is 0 Å². The average Bonchev–Trinajstić information content (AvgIpc) is 2.98. The van der Waals surface area contributed by atoms with Gasteiger partial charge >= 0.3 is 0 Å². The van der Waals surface area contributed by atoms with Crippen molar-refractivity contribution in [3.8, 4) is 5.75 Å². The van der Waals surface area contributed by atoms with Gasteiger partial charge in [-0.25, -0.2) is 4.98 Å². The molecule has 1 unspecified atom stereocenters. The molecular formula is C19H25N3O3. The van der Waals surface area contributed by atoms with Crippen molar-refractivity contribution < 1.29 is 14.3 Å². The SMILES string of the molecule is CC(=O)c1ccc(OCC2CN(Cc3nccn3C)CCO2)cc1C. The monoisotopic (exact) mass is 343 g/mol. The van der Waals surface area contributed by atoms with Crippen LogP contribution in [0.4, 0.5) is 0 Å². The summed E-state index contributed by atoms with van der Waals surface area (Å²) in [5.74, 6) is 1.90.